The number of halogens is 3. The molecule has 0 radical (unpaired) electrons. The van der Waals surface area contributed by atoms with Gasteiger partial charge in [0.2, 0.25) is 0 Å². The van der Waals surface area contributed by atoms with Crippen LogP contribution in [0.3, 0.4) is 0 Å². The van der Waals surface area contributed by atoms with E-state index in [-0.39, 0.29) is 16.3 Å². The van der Waals surface area contributed by atoms with Gasteiger partial charge in [-0.3, -0.25) is 4.79 Å². The van der Waals surface area contributed by atoms with Gasteiger partial charge < -0.3 is 4.90 Å². The molecule has 0 N–H and O–H groups in total. The second-order valence-electron chi connectivity index (χ2n) is 4.94. The monoisotopic (exact) mass is 303 g/mol. The third-order valence-corrected chi connectivity index (χ3v) is 4.29. The standard InChI is InChI=1S/C14H16Cl2FNO/c1-9(15)10-4-6-18(7-5-10)14(19)11-2-3-13(17)12(16)8-11/h2-3,8-10H,4-7H2,1H3. The minimum absolute atomic E-state index is 0.0184. The molecule has 1 aromatic carbocycles. The van der Waals surface area contributed by atoms with Gasteiger partial charge in [0.15, 0.2) is 0 Å². The first kappa shape index (κ1) is 14.6. The molecule has 5 heteroatoms. The highest BCUT2D eigenvalue weighted by atomic mass is 35.5. The minimum Gasteiger partial charge on any atom is -0.339 e. The summed E-state index contributed by atoms with van der Waals surface area (Å²) in [4.78, 5) is 14.0. The molecule has 0 saturated carbocycles. The third-order valence-electron chi connectivity index (χ3n) is 3.64. The van der Waals surface area contributed by atoms with Gasteiger partial charge >= 0.3 is 0 Å². The first-order chi connectivity index (χ1) is 8.99. The van der Waals surface area contributed by atoms with Gasteiger partial charge in [0.05, 0.1) is 5.02 Å². The first-order valence-corrected chi connectivity index (χ1v) is 7.19. The molecule has 2 rings (SSSR count). The molecule has 1 aliphatic heterocycles. The van der Waals surface area contributed by atoms with Crippen molar-refractivity contribution in [3.63, 3.8) is 0 Å². The summed E-state index contributed by atoms with van der Waals surface area (Å²) in [6.07, 6.45) is 1.82. The number of carbonyl (C=O) groups excluding carboxylic acids is 1. The number of hydrogen-bond donors (Lipinski definition) is 0. The Kier molecular flexibility index (Phi) is 4.69. The van der Waals surface area contributed by atoms with Crippen LogP contribution in [0.1, 0.15) is 30.1 Å². The van der Waals surface area contributed by atoms with Gasteiger partial charge in [-0.05, 0) is 43.9 Å². The smallest absolute Gasteiger partial charge is 0.253 e. The average Bonchev–Trinajstić information content (AvgIpc) is 2.41. The van der Waals surface area contributed by atoms with Crippen molar-refractivity contribution in [3.8, 4) is 0 Å². The van der Waals surface area contributed by atoms with Crippen molar-refractivity contribution in [1.29, 1.82) is 0 Å². The molecule has 0 aromatic heterocycles. The summed E-state index contributed by atoms with van der Waals surface area (Å²) in [5.41, 5.74) is 0.434. The molecular formula is C14H16Cl2FNO. The van der Waals surface area contributed by atoms with Crippen molar-refractivity contribution >= 4 is 29.1 Å². The van der Waals surface area contributed by atoms with Gasteiger partial charge in [-0.2, -0.15) is 0 Å². The molecule has 104 valence electrons. The molecule has 1 saturated heterocycles. The predicted molar refractivity (Wildman–Crippen MR) is 75.4 cm³/mol. The summed E-state index contributed by atoms with van der Waals surface area (Å²) in [5.74, 6) is -0.141. The van der Waals surface area contributed by atoms with Crippen LogP contribution in [0.5, 0.6) is 0 Å². The number of benzene rings is 1. The van der Waals surface area contributed by atoms with E-state index in [0.717, 1.165) is 12.8 Å². The lowest BCUT2D eigenvalue weighted by molar-refractivity contribution is 0.0690. The first-order valence-electron chi connectivity index (χ1n) is 6.37. The quantitative estimate of drug-likeness (QED) is 0.757. The molecule has 1 heterocycles. The lowest BCUT2D eigenvalue weighted by Crippen LogP contribution is -2.40. The zero-order chi connectivity index (χ0) is 14.0. The molecule has 2 nitrogen and oxygen atoms in total. The Labute approximate surface area is 122 Å². The van der Waals surface area contributed by atoms with E-state index in [9.17, 15) is 9.18 Å². The third kappa shape index (κ3) is 3.40. The summed E-state index contributed by atoms with van der Waals surface area (Å²) in [7, 11) is 0. The zero-order valence-electron chi connectivity index (χ0n) is 10.7. The highest BCUT2D eigenvalue weighted by Crippen LogP contribution is 2.25. The van der Waals surface area contributed by atoms with Gasteiger partial charge in [-0.1, -0.05) is 11.6 Å². The Morgan fingerprint density at radius 3 is 2.58 bits per heavy atom. The number of piperidine rings is 1. The van der Waals surface area contributed by atoms with Crippen molar-refractivity contribution in [2.24, 2.45) is 5.92 Å². The number of carbonyl (C=O) groups is 1. The van der Waals surface area contributed by atoms with Gasteiger partial charge in [0.25, 0.3) is 5.91 Å². The fourth-order valence-corrected chi connectivity index (χ4v) is 2.81. The van der Waals surface area contributed by atoms with Crippen LogP contribution < -0.4 is 0 Å². The molecule has 19 heavy (non-hydrogen) atoms. The van der Waals surface area contributed by atoms with E-state index in [1.54, 1.807) is 4.90 Å². The van der Waals surface area contributed by atoms with Gasteiger partial charge in [0.1, 0.15) is 5.82 Å². The normalized spacial score (nSPS) is 18.4. The summed E-state index contributed by atoms with van der Waals surface area (Å²) in [6.45, 7) is 3.37. The van der Waals surface area contributed by atoms with Crippen molar-refractivity contribution in [3.05, 3.63) is 34.6 Å². The molecule has 1 aromatic rings. The van der Waals surface area contributed by atoms with Crippen LogP contribution in [0.4, 0.5) is 4.39 Å². The van der Waals surface area contributed by atoms with Crippen LogP contribution in [-0.4, -0.2) is 29.3 Å². The molecular weight excluding hydrogens is 288 g/mol. The molecule has 1 aliphatic rings. The van der Waals surface area contributed by atoms with Gasteiger partial charge in [0, 0.05) is 24.0 Å². The van der Waals surface area contributed by atoms with Crippen LogP contribution in [0.25, 0.3) is 0 Å². The summed E-state index contributed by atoms with van der Waals surface area (Å²) in [5, 5.41) is 0.118. The van der Waals surface area contributed by atoms with Crippen LogP contribution in [0.15, 0.2) is 18.2 Å². The fourth-order valence-electron chi connectivity index (χ4n) is 2.37. The van der Waals surface area contributed by atoms with Crippen LogP contribution >= 0.6 is 23.2 Å². The maximum absolute atomic E-state index is 13.1. The van der Waals surface area contributed by atoms with Crippen molar-refractivity contribution in [2.45, 2.75) is 25.1 Å². The Bertz CT molecular complexity index is 471. The Morgan fingerprint density at radius 2 is 2.05 bits per heavy atom. The van der Waals surface area contributed by atoms with Crippen molar-refractivity contribution in [1.82, 2.24) is 4.90 Å². The Hall–Kier alpha value is -0.800. The average molecular weight is 304 g/mol. The number of likely N-dealkylation sites (tertiary alicyclic amines) is 1. The molecule has 1 atom stereocenters. The predicted octanol–water partition coefficient (Wildman–Crippen LogP) is 3.96. The second kappa shape index (κ2) is 6.10. The summed E-state index contributed by atoms with van der Waals surface area (Å²) in [6, 6.07) is 4.08. The molecule has 0 bridgehead atoms. The van der Waals surface area contributed by atoms with E-state index >= 15 is 0 Å². The van der Waals surface area contributed by atoms with E-state index in [0.29, 0.717) is 24.6 Å². The Balaban J connectivity index is 2.03. The van der Waals surface area contributed by atoms with Gasteiger partial charge in [-0.25, -0.2) is 4.39 Å². The SMILES string of the molecule is CC(Cl)C1CCN(C(=O)c2ccc(F)c(Cl)c2)CC1. The summed E-state index contributed by atoms with van der Waals surface area (Å²) >= 11 is 11.8. The van der Waals surface area contributed by atoms with E-state index < -0.39 is 5.82 Å². The largest absolute Gasteiger partial charge is 0.339 e. The van der Waals surface area contributed by atoms with Gasteiger partial charge in [-0.15, -0.1) is 11.6 Å². The van der Waals surface area contributed by atoms with Crippen molar-refractivity contribution in [2.75, 3.05) is 13.1 Å². The van der Waals surface area contributed by atoms with Crippen LogP contribution in [-0.2, 0) is 0 Å². The maximum atomic E-state index is 13.1. The maximum Gasteiger partial charge on any atom is 0.253 e. The molecule has 0 aliphatic carbocycles. The zero-order valence-corrected chi connectivity index (χ0v) is 12.2. The van der Waals surface area contributed by atoms with E-state index in [2.05, 4.69) is 0 Å². The summed E-state index contributed by atoms with van der Waals surface area (Å²) < 4.78 is 13.1. The highest BCUT2D eigenvalue weighted by Gasteiger charge is 2.26. The number of rotatable bonds is 2. The van der Waals surface area contributed by atoms with E-state index in [1.165, 1.54) is 18.2 Å². The molecule has 1 unspecified atom stereocenters. The Morgan fingerprint density at radius 1 is 1.42 bits per heavy atom. The number of alkyl halides is 1. The minimum atomic E-state index is -0.507. The van der Waals surface area contributed by atoms with E-state index in [4.69, 9.17) is 23.2 Å². The number of nitrogens with zero attached hydrogens (tertiary/aromatic N) is 1. The molecule has 1 fully saturated rings. The van der Waals surface area contributed by atoms with Crippen molar-refractivity contribution < 1.29 is 9.18 Å². The fraction of sp³-hybridized carbons (Fsp3) is 0.500. The lowest BCUT2D eigenvalue weighted by Gasteiger charge is -2.33. The number of hydrogen-bond acceptors (Lipinski definition) is 1. The lowest BCUT2D eigenvalue weighted by atomic mass is 9.93. The number of amides is 1. The second-order valence-corrected chi connectivity index (χ2v) is 6.03. The molecule has 0 spiro atoms. The van der Waals surface area contributed by atoms with Crippen LogP contribution in [0.2, 0.25) is 5.02 Å². The molecule has 1 amide bonds. The highest BCUT2D eigenvalue weighted by molar-refractivity contribution is 6.31. The topological polar surface area (TPSA) is 20.3 Å². The van der Waals surface area contributed by atoms with E-state index in [1.807, 2.05) is 6.92 Å². The van der Waals surface area contributed by atoms with Crippen LogP contribution in [0, 0.1) is 11.7 Å².